The highest BCUT2D eigenvalue weighted by molar-refractivity contribution is 7.80. The quantitative estimate of drug-likeness (QED) is 0.547. The van der Waals surface area contributed by atoms with Crippen molar-refractivity contribution in [3.05, 3.63) is 23.5 Å². The van der Waals surface area contributed by atoms with Crippen LogP contribution in [0.15, 0.2) is 23.5 Å². The molecule has 60 valence electrons. The number of allylic oxidation sites excluding steroid dienone is 3. The van der Waals surface area contributed by atoms with Gasteiger partial charge in [-0.15, -0.1) is 12.6 Å². The minimum atomic E-state index is 0.122. The average molecular weight is 168 g/mol. The largest absolute Gasteiger partial charge is 0.480 e. The molecule has 0 bridgehead atoms. The van der Waals surface area contributed by atoms with Crippen molar-refractivity contribution < 1.29 is 4.74 Å². The maximum atomic E-state index is 5.55. The Morgan fingerprint density at radius 1 is 1.45 bits per heavy atom. The predicted octanol–water partition coefficient (Wildman–Crippen LogP) is 2.66. The maximum absolute atomic E-state index is 5.55. The Labute approximate surface area is 72.5 Å². The minimum absolute atomic E-state index is 0.122. The van der Waals surface area contributed by atoms with E-state index >= 15 is 0 Å². The Bertz CT molecular complexity index is 218. The van der Waals surface area contributed by atoms with Crippen LogP contribution in [-0.4, -0.2) is 5.44 Å². The molecule has 0 saturated carbocycles. The summed E-state index contributed by atoms with van der Waals surface area (Å²) in [5.74, 6) is 1.09. The van der Waals surface area contributed by atoms with E-state index in [0.717, 1.165) is 12.2 Å². The minimum Gasteiger partial charge on any atom is -0.480 e. The van der Waals surface area contributed by atoms with Gasteiger partial charge < -0.3 is 4.74 Å². The van der Waals surface area contributed by atoms with Gasteiger partial charge in [0.25, 0.3) is 0 Å². The first kappa shape index (κ1) is 7.29. The zero-order valence-corrected chi connectivity index (χ0v) is 7.31. The van der Waals surface area contributed by atoms with E-state index in [0.29, 0.717) is 0 Å². The van der Waals surface area contributed by atoms with Gasteiger partial charge in [-0.05, 0) is 37.3 Å². The lowest BCUT2D eigenvalue weighted by molar-refractivity contribution is 0.169. The average Bonchev–Trinajstić information content (AvgIpc) is 2.04. The Morgan fingerprint density at radius 2 is 2.36 bits per heavy atom. The van der Waals surface area contributed by atoms with Crippen LogP contribution in [0.1, 0.15) is 25.7 Å². The van der Waals surface area contributed by atoms with Gasteiger partial charge in [-0.1, -0.05) is 6.08 Å². The molecule has 0 aromatic heterocycles. The van der Waals surface area contributed by atoms with Gasteiger partial charge in [-0.3, -0.25) is 0 Å². The molecule has 1 heterocycles. The van der Waals surface area contributed by atoms with Gasteiger partial charge in [0.05, 0.1) is 0 Å². The number of hydrogen-bond acceptors (Lipinski definition) is 2. The predicted molar refractivity (Wildman–Crippen MR) is 48.5 cm³/mol. The third-order valence-corrected chi connectivity index (χ3v) is 2.55. The van der Waals surface area contributed by atoms with Crippen LogP contribution in [0.3, 0.4) is 0 Å². The smallest absolute Gasteiger partial charge is 0.142 e. The summed E-state index contributed by atoms with van der Waals surface area (Å²) in [6.07, 6.45) is 8.86. The molecule has 0 spiro atoms. The van der Waals surface area contributed by atoms with E-state index < -0.39 is 0 Å². The summed E-state index contributed by atoms with van der Waals surface area (Å²) in [5, 5.41) is 0. The van der Waals surface area contributed by atoms with Crippen LogP contribution >= 0.6 is 12.6 Å². The van der Waals surface area contributed by atoms with Crippen molar-refractivity contribution in [3.8, 4) is 0 Å². The number of hydrogen-bond donors (Lipinski definition) is 1. The SMILES string of the molecule is SC1CCC2=C(C=CCC2)O1. The van der Waals surface area contributed by atoms with Crippen LogP contribution in [0.4, 0.5) is 0 Å². The van der Waals surface area contributed by atoms with Gasteiger partial charge in [0, 0.05) is 0 Å². The second-order valence-corrected chi connectivity index (χ2v) is 3.60. The molecule has 2 heteroatoms. The van der Waals surface area contributed by atoms with E-state index in [9.17, 15) is 0 Å². The monoisotopic (exact) mass is 168 g/mol. The van der Waals surface area contributed by atoms with Crippen molar-refractivity contribution in [1.82, 2.24) is 0 Å². The molecule has 0 N–H and O–H groups in total. The molecule has 0 aromatic carbocycles. The fraction of sp³-hybridized carbons (Fsp3) is 0.556. The summed E-state index contributed by atoms with van der Waals surface area (Å²) in [5.41, 5.74) is 1.61. The summed E-state index contributed by atoms with van der Waals surface area (Å²) >= 11 is 4.29. The topological polar surface area (TPSA) is 9.23 Å². The highest BCUT2D eigenvalue weighted by Crippen LogP contribution is 2.31. The van der Waals surface area contributed by atoms with Crippen LogP contribution in [0.25, 0.3) is 0 Å². The zero-order valence-electron chi connectivity index (χ0n) is 6.42. The molecule has 2 rings (SSSR count). The van der Waals surface area contributed by atoms with Crippen LogP contribution in [0.2, 0.25) is 0 Å². The van der Waals surface area contributed by atoms with E-state index in [1.54, 1.807) is 0 Å². The first-order chi connectivity index (χ1) is 5.36. The molecule has 0 saturated heterocycles. The molecule has 1 unspecified atom stereocenters. The van der Waals surface area contributed by atoms with E-state index in [-0.39, 0.29) is 5.44 Å². The zero-order chi connectivity index (χ0) is 7.68. The number of thiol groups is 1. The lowest BCUT2D eigenvalue weighted by Gasteiger charge is -2.25. The lowest BCUT2D eigenvalue weighted by Crippen LogP contribution is -2.13. The van der Waals surface area contributed by atoms with E-state index in [2.05, 4.69) is 24.8 Å². The molecule has 11 heavy (non-hydrogen) atoms. The van der Waals surface area contributed by atoms with E-state index in [1.165, 1.54) is 24.8 Å². The molecule has 1 nitrogen and oxygen atoms in total. The molecular formula is C9H12OS. The Hall–Kier alpha value is -0.370. The van der Waals surface area contributed by atoms with Crippen LogP contribution < -0.4 is 0 Å². The van der Waals surface area contributed by atoms with Crippen molar-refractivity contribution in [2.24, 2.45) is 0 Å². The molecule has 0 amide bonds. The third kappa shape index (κ3) is 1.45. The van der Waals surface area contributed by atoms with Gasteiger partial charge in [0.15, 0.2) is 0 Å². The van der Waals surface area contributed by atoms with Crippen LogP contribution in [-0.2, 0) is 4.74 Å². The van der Waals surface area contributed by atoms with Crippen molar-refractivity contribution in [3.63, 3.8) is 0 Å². The molecule has 1 aliphatic carbocycles. The van der Waals surface area contributed by atoms with Crippen molar-refractivity contribution in [2.45, 2.75) is 31.1 Å². The van der Waals surface area contributed by atoms with Gasteiger partial charge in [-0.25, -0.2) is 0 Å². The molecule has 0 aromatic rings. The molecule has 2 aliphatic rings. The number of rotatable bonds is 0. The summed E-state index contributed by atoms with van der Waals surface area (Å²) in [6.45, 7) is 0. The highest BCUT2D eigenvalue weighted by Gasteiger charge is 2.18. The van der Waals surface area contributed by atoms with Crippen molar-refractivity contribution >= 4 is 12.6 Å². The maximum Gasteiger partial charge on any atom is 0.142 e. The normalized spacial score (nSPS) is 29.7. The first-order valence-electron chi connectivity index (χ1n) is 4.09. The second-order valence-electron chi connectivity index (χ2n) is 3.02. The molecule has 0 fully saturated rings. The molecule has 1 atom stereocenters. The highest BCUT2D eigenvalue weighted by atomic mass is 32.1. The first-order valence-corrected chi connectivity index (χ1v) is 4.61. The number of ether oxygens (including phenoxy) is 1. The van der Waals surface area contributed by atoms with Gasteiger partial charge in [0.2, 0.25) is 0 Å². The van der Waals surface area contributed by atoms with Gasteiger partial charge in [-0.2, -0.15) is 0 Å². The van der Waals surface area contributed by atoms with E-state index in [4.69, 9.17) is 4.74 Å². The Balaban J connectivity index is 2.19. The fourth-order valence-electron chi connectivity index (χ4n) is 1.56. The lowest BCUT2D eigenvalue weighted by atomic mass is 9.97. The standard InChI is InChI=1S/C9H12OS/c11-9-6-5-7-3-1-2-4-8(7)10-9/h2,4,9,11H,1,3,5-6H2. The Morgan fingerprint density at radius 3 is 3.27 bits per heavy atom. The summed E-state index contributed by atoms with van der Waals surface area (Å²) in [4.78, 5) is 0. The second kappa shape index (κ2) is 2.94. The van der Waals surface area contributed by atoms with Gasteiger partial charge in [0.1, 0.15) is 11.2 Å². The van der Waals surface area contributed by atoms with E-state index in [1.807, 2.05) is 0 Å². The summed E-state index contributed by atoms with van der Waals surface area (Å²) in [7, 11) is 0. The van der Waals surface area contributed by atoms with Crippen LogP contribution in [0.5, 0.6) is 0 Å². The van der Waals surface area contributed by atoms with Gasteiger partial charge >= 0.3 is 0 Å². The van der Waals surface area contributed by atoms with Crippen LogP contribution in [0, 0.1) is 0 Å². The van der Waals surface area contributed by atoms with Crippen molar-refractivity contribution in [2.75, 3.05) is 0 Å². The molecule has 1 aliphatic heterocycles. The molecule has 0 radical (unpaired) electrons. The fourth-order valence-corrected chi connectivity index (χ4v) is 1.81. The Kier molecular flexibility index (Phi) is 1.95. The summed E-state index contributed by atoms with van der Waals surface area (Å²) in [6, 6.07) is 0. The summed E-state index contributed by atoms with van der Waals surface area (Å²) < 4.78 is 5.55. The third-order valence-electron chi connectivity index (χ3n) is 2.19. The van der Waals surface area contributed by atoms with Crippen molar-refractivity contribution in [1.29, 1.82) is 0 Å². The molecular weight excluding hydrogens is 156 g/mol.